The van der Waals surface area contributed by atoms with Crippen LogP contribution >= 0.6 is 23.5 Å². The van der Waals surface area contributed by atoms with Gasteiger partial charge in [0.2, 0.25) is 0 Å². The summed E-state index contributed by atoms with van der Waals surface area (Å²) in [7, 11) is 0. The zero-order valence-corrected chi connectivity index (χ0v) is 14.7. The normalized spacial score (nSPS) is 16.3. The summed E-state index contributed by atoms with van der Waals surface area (Å²) < 4.78 is 0.861. The highest BCUT2D eigenvalue weighted by Gasteiger charge is 2.12. The van der Waals surface area contributed by atoms with Gasteiger partial charge in [-0.05, 0) is 25.4 Å². The zero-order valence-electron chi connectivity index (χ0n) is 13.0. The Bertz CT molecular complexity index is 532. The van der Waals surface area contributed by atoms with Gasteiger partial charge in [0.05, 0.1) is 12.4 Å². The van der Waals surface area contributed by atoms with Crippen LogP contribution in [-0.2, 0) is 0 Å². The van der Waals surface area contributed by atoms with Crippen LogP contribution in [0.3, 0.4) is 0 Å². The van der Waals surface area contributed by atoms with Gasteiger partial charge in [0.1, 0.15) is 11.5 Å². The standard InChI is InChI=1S/C14H22N6S2/c1-21-14(22-2)19-18-13(15)11-9-16-10-12(17-11)20-7-5-3-4-6-8-20/h9-10H,3-8H2,1-2H3,(H2,15,18). The molecule has 1 saturated heterocycles. The molecule has 6 nitrogen and oxygen atoms in total. The van der Waals surface area contributed by atoms with Gasteiger partial charge in [-0.1, -0.05) is 12.8 Å². The molecule has 0 aliphatic carbocycles. The molecule has 8 heteroatoms. The Morgan fingerprint density at radius 3 is 2.41 bits per heavy atom. The SMILES string of the molecule is CSC(=N/N=C(/N)c1cncc(N2CCCCCC2)n1)SC. The van der Waals surface area contributed by atoms with E-state index in [0.29, 0.717) is 11.5 Å². The van der Waals surface area contributed by atoms with Gasteiger partial charge < -0.3 is 10.6 Å². The molecule has 22 heavy (non-hydrogen) atoms. The second-order valence-corrected chi connectivity index (χ2v) is 6.77. The van der Waals surface area contributed by atoms with Gasteiger partial charge in [-0.15, -0.1) is 33.7 Å². The molecular weight excluding hydrogens is 316 g/mol. The average Bonchev–Trinajstić information content (AvgIpc) is 2.85. The lowest BCUT2D eigenvalue weighted by atomic mass is 10.2. The number of aromatic nitrogens is 2. The maximum atomic E-state index is 5.99. The highest BCUT2D eigenvalue weighted by Crippen LogP contribution is 2.17. The number of nitrogens with two attached hydrogens (primary N) is 1. The molecule has 0 unspecified atom stereocenters. The van der Waals surface area contributed by atoms with Crippen molar-refractivity contribution in [3.63, 3.8) is 0 Å². The van der Waals surface area contributed by atoms with Gasteiger partial charge in [0, 0.05) is 13.1 Å². The number of thioether (sulfide) groups is 2. The number of hydrogen-bond donors (Lipinski definition) is 1. The van der Waals surface area contributed by atoms with E-state index in [-0.39, 0.29) is 0 Å². The predicted octanol–water partition coefficient (Wildman–Crippen LogP) is 2.56. The van der Waals surface area contributed by atoms with Crippen molar-refractivity contribution in [1.82, 2.24) is 9.97 Å². The molecule has 0 amide bonds. The molecule has 0 saturated carbocycles. The van der Waals surface area contributed by atoms with Crippen molar-refractivity contribution in [2.45, 2.75) is 25.7 Å². The van der Waals surface area contributed by atoms with E-state index in [1.807, 2.05) is 12.5 Å². The summed E-state index contributed by atoms with van der Waals surface area (Å²) >= 11 is 3.08. The Morgan fingerprint density at radius 2 is 1.77 bits per heavy atom. The van der Waals surface area contributed by atoms with Crippen molar-refractivity contribution in [2.24, 2.45) is 15.9 Å². The van der Waals surface area contributed by atoms with Crippen LogP contribution in [0.2, 0.25) is 0 Å². The minimum Gasteiger partial charge on any atom is -0.380 e. The van der Waals surface area contributed by atoms with E-state index in [1.54, 1.807) is 35.9 Å². The summed E-state index contributed by atoms with van der Waals surface area (Å²) in [6, 6.07) is 0. The molecular formula is C14H22N6S2. The fourth-order valence-electron chi connectivity index (χ4n) is 2.24. The Kier molecular flexibility index (Phi) is 6.98. The van der Waals surface area contributed by atoms with Crippen molar-refractivity contribution < 1.29 is 0 Å². The molecule has 0 atom stereocenters. The van der Waals surface area contributed by atoms with Crippen LogP contribution < -0.4 is 10.6 Å². The maximum Gasteiger partial charge on any atom is 0.173 e. The van der Waals surface area contributed by atoms with Gasteiger partial charge in [-0.25, -0.2) is 4.98 Å². The van der Waals surface area contributed by atoms with Crippen LogP contribution in [0.5, 0.6) is 0 Å². The third-order valence-electron chi connectivity index (χ3n) is 3.40. The van der Waals surface area contributed by atoms with Gasteiger partial charge in [-0.2, -0.15) is 0 Å². The van der Waals surface area contributed by atoms with Crippen LogP contribution in [0.25, 0.3) is 0 Å². The quantitative estimate of drug-likeness (QED) is 0.518. The second-order valence-electron chi connectivity index (χ2n) is 4.92. The van der Waals surface area contributed by atoms with Crippen LogP contribution in [0.1, 0.15) is 31.4 Å². The Balaban J connectivity index is 2.16. The fraction of sp³-hybridized carbons (Fsp3) is 0.571. The highest BCUT2D eigenvalue weighted by molar-refractivity contribution is 8.38. The monoisotopic (exact) mass is 338 g/mol. The summed E-state index contributed by atoms with van der Waals surface area (Å²) in [4.78, 5) is 11.1. The molecule has 2 heterocycles. The molecule has 0 bridgehead atoms. The summed E-state index contributed by atoms with van der Waals surface area (Å²) in [5.74, 6) is 1.17. The largest absolute Gasteiger partial charge is 0.380 e. The summed E-state index contributed by atoms with van der Waals surface area (Å²) in [6.45, 7) is 2.05. The molecule has 1 fully saturated rings. The second kappa shape index (κ2) is 8.99. The molecule has 120 valence electrons. The molecule has 2 N–H and O–H groups in total. The third kappa shape index (κ3) is 4.88. The molecule has 0 radical (unpaired) electrons. The van der Waals surface area contributed by atoms with Crippen LogP contribution in [0.15, 0.2) is 22.6 Å². The van der Waals surface area contributed by atoms with Gasteiger partial charge in [0.15, 0.2) is 10.2 Å². The van der Waals surface area contributed by atoms with Crippen LogP contribution in [-0.4, -0.2) is 45.8 Å². The summed E-state index contributed by atoms with van der Waals surface area (Å²) in [6.07, 6.45) is 12.3. The van der Waals surface area contributed by atoms with Crippen molar-refractivity contribution in [1.29, 1.82) is 0 Å². The first-order chi connectivity index (χ1) is 10.7. The van der Waals surface area contributed by atoms with Crippen molar-refractivity contribution in [2.75, 3.05) is 30.5 Å². The number of hydrogen-bond acceptors (Lipinski definition) is 7. The van der Waals surface area contributed by atoms with E-state index >= 15 is 0 Å². The number of nitrogens with zero attached hydrogens (tertiary/aromatic N) is 5. The van der Waals surface area contributed by atoms with Crippen molar-refractivity contribution in [3.8, 4) is 0 Å². The molecule has 0 aromatic carbocycles. The molecule has 1 aromatic heterocycles. The Labute approximate surface area is 140 Å². The van der Waals surface area contributed by atoms with E-state index in [1.165, 1.54) is 25.7 Å². The van der Waals surface area contributed by atoms with Gasteiger partial charge >= 0.3 is 0 Å². The smallest absolute Gasteiger partial charge is 0.173 e. The van der Waals surface area contributed by atoms with Crippen molar-refractivity contribution in [3.05, 3.63) is 18.1 Å². The van der Waals surface area contributed by atoms with Gasteiger partial charge in [-0.3, -0.25) is 4.98 Å². The number of rotatable bonds is 3. The van der Waals surface area contributed by atoms with E-state index in [4.69, 9.17) is 5.73 Å². The Hall–Kier alpha value is -1.28. The zero-order chi connectivity index (χ0) is 15.8. The fourth-order valence-corrected chi connectivity index (χ4v) is 3.15. The first-order valence-electron chi connectivity index (χ1n) is 7.31. The molecule has 1 aliphatic heterocycles. The maximum absolute atomic E-state index is 5.99. The topological polar surface area (TPSA) is 79.8 Å². The van der Waals surface area contributed by atoms with E-state index < -0.39 is 0 Å². The van der Waals surface area contributed by atoms with Crippen LogP contribution in [0.4, 0.5) is 5.82 Å². The summed E-state index contributed by atoms with van der Waals surface area (Å²) in [5.41, 5.74) is 6.56. The Morgan fingerprint density at radius 1 is 1.09 bits per heavy atom. The van der Waals surface area contributed by atoms with E-state index in [2.05, 4.69) is 25.1 Å². The number of anilines is 1. The summed E-state index contributed by atoms with van der Waals surface area (Å²) in [5, 5.41) is 8.18. The van der Waals surface area contributed by atoms with Gasteiger partial charge in [0.25, 0.3) is 0 Å². The lowest BCUT2D eigenvalue weighted by Crippen LogP contribution is -2.26. The molecule has 1 aliphatic rings. The van der Waals surface area contributed by atoms with E-state index in [9.17, 15) is 0 Å². The average molecular weight is 339 g/mol. The van der Waals surface area contributed by atoms with Crippen molar-refractivity contribution >= 4 is 39.6 Å². The lowest BCUT2D eigenvalue weighted by Gasteiger charge is -2.21. The minimum absolute atomic E-state index is 0.296. The molecule has 1 aromatic rings. The first kappa shape index (κ1) is 17.1. The molecule has 2 rings (SSSR count). The van der Waals surface area contributed by atoms with Crippen LogP contribution in [0, 0.1) is 0 Å². The van der Waals surface area contributed by atoms with E-state index in [0.717, 1.165) is 23.3 Å². The minimum atomic E-state index is 0.296. The third-order valence-corrected chi connectivity index (χ3v) is 5.26. The number of amidine groups is 1. The predicted molar refractivity (Wildman–Crippen MR) is 97.9 cm³/mol. The first-order valence-corrected chi connectivity index (χ1v) is 9.76. The highest BCUT2D eigenvalue weighted by atomic mass is 32.2. The molecule has 0 spiro atoms. The lowest BCUT2D eigenvalue weighted by molar-refractivity contribution is 0.726.